The molecule has 0 bridgehead atoms. The van der Waals surface area contributed by atoms with Gasteiger partial charge < -0.3 is 10.2 Å². The first-order valence-electron chi connectivity index (χ1n) is 5.96. The van der Waals surface area contributed by atoms with Crippen molar-refractivity contribution in [3.63, 3.8) is 0 Å². The zero-order valence-corrected chi connectivity index (χ0v) is 10.5. The summed E-state index contributed by atoms with van der Waals surface area (Å²) in [5.74, 6) is 0. The minimum Gasteiger partial charge on any atom is -0.380 e. The van der Waals surface area contributed by atoms with E-state index in [9.17, 15) is 0 Å². The summed E-state index contributed by atoms with van der Waals surface area (Å²) < 4.78 is 0. The van der Waals surface area contributed by atoms with Crippen LogP contribution in [0.2, 0.25) is 5.02 Å². The van der Waals surface area contributed by atoms with E-state index < -0.39 is 0 Å². The van der Waals surface area contributed by atoms with E-state index in [0.29, 0.717) is 11.6 Å². The molecule has 0 amide bonds. The molecule has 1 N–H and O–H groups in total. The fourth-order valence-electron chi connectivity index (χ4n) is 2.87. The SMILES string of the molecule is CC(C)N1c2cccc(Cl)c2NCC12CC2. The summed E-state index contributed by atoms with van der Waals surface area (Å²) in [7, 11) is 0. The topological polar surface area (TPSA) is 15.3 Å². The molecular formula is C13H17ClN2. The van der Waals surface area contributed by atoms with Crippen molar-refractivity contribution >= 4 is 23.0 Å². The van der Waals surface area contributed by atoms with Gasteiger partial charge in [-0.15, -0.1) is 0 Å². The fraction of sp³-hybridized carbons (Fsp3) is 0.538. The van der Waals surface area contributed by atoms with E-state index in [2.05, 4.69) is 30.1 Å². The predicted octanol–water partition coefficient (Wildman–Crippen LogP) is 3.51. The second-order valence-corrected chi connectivity index (χ2v) is 5.58. The van der Waals surface area contributed by atoms with Gasteiger partial charge in [0.25, 0.3) is 0 Å². The lowest BCUT2D eigenvalue weighted by atomic mass is 10.0. The van der Waals surface area contributed by atoms with Gasteiger partial charge in [0.05, 0.1) is 21.9 Å². The molecule has 0 radical (unpaired) electrons. The summed E-state index contributed by atoms with van der Waals surface area (Å²) in [6.45, 7) is 5.55. The highest BCUT2D eigenvalue weighted by Gasteiger charge is 2.51. The minimum atomic E-state index is 0.367. The zero-order chi connectivity index (χ0) is 11.3. The number of nitrogens with one attached hydrogen (secondary N) is 1. The van der Waals surface area contributed by atoms with Crippen molar-refractivity contribution in [3.8, 4) is 0 Å². The molecule has 0 unspecified atom stereocenters. The number of hydrogen-bond donors (Lipinski definition) is 1. The lowest BCUT2D eigenvalue weighted by molar-refractivity contribution is 0.538. The van der Waals surface area contributed by atoms with Gasteiger partial charge in [0, 0.05) is 12.6 Å². The molecular weight excluding hydrogens is 220 g/mol. The second kappa shape index (κ2) is 3.30. The first-order chi connectivity index (χ1) is 7.64. The number of para-hydroxylation sites is 1. The average molecular weight is 237 g/mol. The van der Waals surface area contributed by atoms with Gasteiger partial charge in [0.15, 0.2) is 0 Å². The van der Waals surface area contributed by atoms with E-state index in [1.54, 1.807) is 0 Å². The van der Waals surface area contributed by atoms with Gasteiger partial charge in [0.2, 0.25) is 0 Å². The number of rotatable bonds is 1. The molecule has 1 aromatic rings. The summed E-state index contributed by atoms with van der Waals surface area (Å²) in [4.78, 5) is 2.55. The van der Waals surface area contributed by atoms with Crippen LogP contribution in [0.4, 0.5) is 11.4 Å². The molecule has 3 heteroatoms. The molecule has 1 fully saturated rings. The number of anilines is 2. The highest BCUT2D eigenvalue weighted by Crippen LogP contribution is 2.51. The van der Waals surface area contributed by atoms with Crippen LogP contribution in [0.25, 0.3) is 0 Å². The molecule has 0 saturated heterocycles. The Morgan fingerprint density at radius 3 is 2.75 bits per heavy atom. The maximum atomic E-state index is 6.24. The van der Waals surface area contributed by atoms with Gasteiger partial charge >= 0.3 is 0 Å². The van der Waals surface area contributed by atoms with Crippen LogP contribution >= 0.6 is 11.6 Å². The highest BCUT2D eigenvalue weighted by atomic mass is 35.5. The zero-order valence-electron chi connectivity index (χ0n) is 9.76. The van der Waals surface area contributed by atoms with Crippen LogP contribution in [-0.2, 0) is 0 Å². The van der Waals surface area contributed by atoms with E-state index in [1.165, 1.54) is 18.5 Å². The maximum absolute atomic E-state index is 6.24. The summed E-state index contributed by atoms with van der Waals surface area (Å²) in [6.07, 6.45) is 2.59. The molecule has 2 aliphatic rings. The maximum Gasteiger partial charge on any atom is 0.0768 e. The van der Waals surface area contributed by atoms with Crippen LogP contribution in [-0.4, -0.2) is 18.1 Å². The van der Waals surface area contributed by atoms with E-state index in [0.717, 1.165) is 17.3 Å². The monoisotopic (exact) mass is 236 g/mol. The van der Waals surface area contributed by atoms with Crippen molar-refractivity contribution < 1.29 is 0 Å². The largest absolute Gasteiger partial charge is 0.380 e. The third kappa shape index (κ3) is 1.32. The molecule has 2 nitrogen and oxygen atoms in total. The van der Waals surface area contributed by atoms with Gasteiger partial charge in [-0.05, 0) is 38.8 Å². The van der Waals surface area contributed by atoms with Crippen LogP contribution in [0, 0.1) is 0 Å². The highest BCUT2D eigenvalue weighted by molar-refractivity contribution is 6.34. The summed E-state index contributed by atoms with van der Waals surface area (Å²) in [5, 5.41) is 4.33. The van der Waals surface area contributed by atoms with Gasteiger partial charge in [-0.1, -0.05) is 17.7 Å². The molecule has 3 rings (SSSR count). The average Bonchev–Trinajstić information content (AvgIpc) is 2.98. The summed E-state index contributed by atoms with van der Waals surface area (Å²) in [5.41, 5.74) is 2.74. The van der Waals surface area contributed by atoms with E-state index in [-0.39, 0.29) is 0 Å². The Hall–Kier alpha value is -0.890. The molecule has 1 aliphatic carbocycles. The molecule has 86 valence electrons. The quantitative estimate of drug-likeness (QED) is 0.803. The lowest BCUT2D eigenvalue weighted by Crippen LogP contribution is -2.50. The van der Waals surface area contributed by atoms with Crippen molar-refractivity contribution in [1.82, 2.24) is 0 Å². The van der Waals surface area contributed by atoms with Crippen molar-refractivity contribution in [3.05, 3.63) is 23.2 Å². The van der Waals surface area contributed by atoms with Crippen LogP contribution in [0.1, 0.15) is 26.7 Å². The first-order valence-corrected chi connectivity index (χ1v) is 6.34. The standard InChI is InChI=1S/C13H17ClN2/c1-9(2)16-11-5-3-4-10(14)12(11)15-8-13(16)6-7-13/h3-5,9,15H,6-8H2,1-2H3. The number of hydrogen-bond acceptors (Lipinski definition) is 2. The van der Waals surface area contributed by atoms with Crippen LogP contribution in [0.15, 0.2) is 18.2 Å². The van der Waals surface area contributed by atoms with Gasteiger partial charge in [-0.3, -0.25) is 0 Å². The Balaban J connectivity index is 2.11. The first kappa shape index (κ1) is 10.3. The Morgan fingerprint density at radius 1 is 1.38 bits per heavy atom. The normalized spacial score (nSPS) is 20.9. The number of benzene rings is 1. The summed E-state index contributed by atoms with van der Waals surface area (Å²) >= 11 is 6.24. The second-order valence-electron chi connectivity index (χ2n) is 5.18. The molecule has 1 heterocycles. The van der Waals surface area contributed by atoms with Gasteiger partial charge in [0.1, 0.15) is 0 Å². The molecule has 1 saturated carbocycles. The van der Waals surface area contributed by atoms with Crippen molar-refractivity contribution in [2.45, 2.75) is 38.3 Å². The Bertz CT molecular complexity index is 424. The van der Waals surface area contributed by atoms with Gasteiger partial charge in [-0.25, -0.2) is 0 Å². The molecule has 0 aromatic heterocycles. The van der Waals surface area contributed by atoms with E-state index in [1.807, 2.05) is 12.1 Å². The van der Waals surface area contributed by atoms with Crippen LogP contribution < -0.4 is 10.2 Å². The van der Waals surface area contributed by atoms with Crippen LogP contribution in [0.5, 0.6) is 0 Å². The molecule has 0 atom stereocenters. The third-order valence-electron chi connectivity index (χ3n) is 3.70. The van der Waals surface area contributed by atoms with Gasteiger partial charge in [-0.2, -0.15) is 0 Å². The Kier molecular flexibility index (Phi) is 2.12. The smallest absolute Gasteiger partial charge is 0.0768 e. The molecule has 16 heavy (non-hydrogen) atoms. The molecule has 1 aliphatic heterocycles. The number of fused-ring (bicyclic) bond motifs is 1. The Labute approximate surface area is 102 Å². The number of halogens is 1. The van der Waals surface area contributed by atoms with E-state index >= 15 is 0 Å². The predicted molar refractivity (Wildman–Crippen MR) is 69.5 cm³/mol. The van der Waals surface area contributed by atoms with Crippen molar-refractivity contribution in [2.24, 2.45) is 0 Å². The Morgan fingerprint density at radius 2 is 2.12 bits per heavy atom. The molecule has 1 spiro atoms. The molecule has 1 aromatic carbocycles. The minimum absolute atomic E-state index is 0.367. The van der Waals surface area contributed by atoms with E-state index in [4.69, 9.17) is 11.6 Å². The third-order valence-corrected chi connectivity index (χ3v) is 4.01. The van der Waals surface area contributed by atoms with Crippen molar-refractivity contribution in [1.29, 1.82) is 0 Å². The lowest BCUT2D eigenvalue weighted by Gasteiger charge is -2.43. The number of nitrogens with zero attached hydrogens (tertiary/aromatic N) is 1. The summed E-state index contributed by atoms with van der Waals surface area (Å²) in [6, 6.07) is 6.70. The van der Waals surface area contributed by atoms with Crippen LogP contribution in [0.3, 0.4) is 0 Å². The fourth-order valence-corrected chi connectivity index (χ4v) is 3.11. The van der Waals surface area contributed by atoms with Crippen molar-refractivity contribution in [2.75, 3.05) is 16.8 Å².